The van der Waals surface area contributed by atoms with E-state index in [-0.39, 0.29) is 6.04 Å². The number of rotatable bonds is 4. The predicted octanol–water partition coefficient (Wildman–Crippen LogP) is 2.45. The number of nitrogens with one attached hydrogen (secondary N) is 1. The Morgan fingerprint density at radius 2 is 2.12 bits per heavy atom. The van der Waals surface area contributed by atoms with Crippen LogP contribution < -0.4 is 5.32 Å². The number of aliphatic hydroxyl groups is 1. The summed E-state index contributed by atoms with van der Waals surface area (Å²) in [5, 5.41) is 23.2. The Kier molecular flexibility index (Phi) is 4.13. The molecule has 2 N–H and O–H groups in total. The molecular formula is C17H21ClN6O. The van der Waals surface area contributed by atoms with Crippen LogP contribution in [0.3, 0.4) is 0 Å². The fourth-order valence-electron chi connectivity index (χ4n) is 3.61. The molecule has 3 aromatic heterocycles. The monoisotopic (exact) mass is 360 g/mol. The van der Waals surface area contributed by atoms with E-state index < -0.39 is 6.10 Å². The van der Waals surface area contributed by atoms with E-state index in [2.05, 4.69) is 20.5 Å². The molecule has 0 bridgehead atoms. The highest BCUT2D eigenvalue weighted by Crippen LogP contribution is 2.30. The fourth-order valence-corrected chi connectivity index (χ4v) is 3.77. The molecule has 1 fully saturated rings. The molecule has 8 heteroatoms. The zero-order valence-electron chi connectivity index (χ0n) is 14.2. The van der Waals surface area contributed by atoms with Crippen molar-refractivity contribution in [3.8, 4) is 0 Å². The molecule has 3 atom stereocenters. The maximum Gasteiger partial charge on any atom is 0.160 e. The Bertz CT molecular complexity index is 904. The lowest BCUT2D eigenvalue weighted by molar-refractivity contribution is 0.165. The van der Waals surface area contributed by atoms with Crippen LogP contribution in [0.15, 0.2) is 24.7 Å². The second-order valence-electron chi connectivity index (χ2n) is 6.88. The third-order valence-corrected chi connectivity index (χ3v) is 4.98. The van der Waals surface area contributed by atoms with Crippen molar-refractivity contribution >= 4 is 23.1 Å². The minimum atomic E-state index is -0.406. The summed E-state index contributed by atoms with van der Waals surface area (Å²) in [6.07, 6.45) is 6.46. The molecule has 1 saturated carbocycles. The van der Waals surface area contributed by atoms with Crippen molar-refractivity contribution in [3.05, 3.63) is 40.9 Å². The Labute approximate surface area is 150 Å². The lowest BCUT2D eigenvalue weighted by Crippen LogP contribution is -2.29. The summed E-state index contributed by atoms with van der Waals surface area (Å²) in [5.41, 5.74) is 2.80. The van der Waals surface area contributed by atoms with Crippen LogP contribution in [-0.2, 0) is 6.54 Å². The van der Waals surface area contributed by atoms with Crippen molar-refractivity contribution in [2.45, 2.75) is 45.4 Å². The van der Waals surface area contributed by atoms with Gasteiger partial charge in [0.1, 0.15) is 5.82 Å². The highest BCUT2D eigenvalue weighted by molar-refractivity contribution is 6.30. The van der Waals surface area contributed by atoms with Crippen LogP contribution in [0.1, 0.15) is 24.1 Å². The van der Waals surface area contributed by atoms with E-state index in [1.807, 2.05) is 37.0 Å². The van der Waals surface area contributed by atoms with Gasteiger partial charge in [0.15, 0.2) is 5.65 Å². The molecule has 0 amide bonds. The summed E-state index contributed by atoms with van der Waals surface area (Å²) in [6, 6.07) is 1.94. The molecule has 0 saturated heterocycles. The first-order valence-corrected chi connectivity index (χ1v) is 8.82. The number of aromatic nitrogens is 5. The average Bonchev–Trinajstić information content (AvgIpc) is 3.22. The van der Waals surface area contributed by atoms with Crippen molar-refractivity contribution in [2.75, 3.05) is 5.32 Å². The number of halogens is 1. The first-order chi connectivity index (χ1) is 12.0. The molecule has 7 nitrogen and oxygen atoms in total. The molecule has 0 aliphatic heterocycles. The molecular weight excluding hydrogens is 340 g/mol. The zero-order chi connectivity index (χ0) is 17.6. The molecule has 3 heterocycles. The lowest BCUT2D eigenvalue weighted by atomic mass is 10.1. The molecule has 1 aliphatic rings. The Hall–Kier alpha value is -2.12. The van der Waals surface area contributed by atoms with Crippen LogP contribution in [0.5, 0.6) is 0 Å². The van der Waals surface area contributed by atoms with Gasteiger partial charge in [-0.25, -0.2) is 4.98 Å². The largest absolute Gasteiger partial charge is 0.391 e. The number of aryl methyl sites for hydroxylation is 2. The van der Waals surface area contributed by atoms with Crippen LogP contribution in [0.2, 0.25) is 5.02 Å². The highest BCUT2D eigenvalue weighted by Gasteiger charge is 2.33. The van der Waals surface area contributed by atoms with E-state index in [0.29, 0.717) is 10.9 Å². The Balaban J connectivity index is 1.51. The molecule has 0 radical (unpaired) electrons. The standard InChI is InChI=1S/C17H21ClN6O/c1-10-6-20-24-16(3-11(2)21-17(10)24)22-14-4-12(5-15(14)25)8-23-9-13(18)7-19-23/h3,6-7,9,12,14-15,22,25H,4-5,8H2,1-2H3/t12?,14-,15-/m1/s1. The maximum absolute atomic E-state index is 10.5. The molecule has 0 spiro atoms. The van der Waals surface area contributed by atoms with Crippen molar-refractivity contribution < 1.29 is 5.11 Å². The van der Waals surface area contributed by atoms with Crippen LogP contribution in [0.25, 0.3) is 5.65 Å². The fraction of sp³-hybridized carbons (Fsp3) is 0.471. The number of hydrogen-bond donors (Lipinski definition) is 2. The molecule has 132 valence electrons. The summed E-state index contributed by atoms with van der Waals surface area (Å²) in [7, 11) is 0. The molecule has 3 aromatic rings. The van der Waals surface area contributed by atoms with Crippen LogP contribution in [0, 0.1) is 19.8 Å². The van der Waals surface area contributed by atoms with Gasteiger partial charge < -0.3 is 10.4 Å². The van der Waals surface area contributed by atoms with Crippen LogP contribution in [-0.4, -0.2) is 41.6 Å². The molecule has 0 aromatic carbocycles. The van der Waals surface area contributed by atoms with Gasteiger partial charge in [-0.15, -0.1) is 0 Å². The van der Waals surface area contributed by atoms with Crippen molar-refractivity contribution in [1.82, 2.24) is 24.4 Å². The SMILES string of the molecule is Cc1cc(N[C@@H]2CC(Cn3cc(Cl)cn3)C[C@H]2O)n2ncc(C)c2n1. The van der Waals surface area contributed by atoms with Crippen LogP contribution >= 0.6 is 11.6 Å². The average molecular weight is 361 g/mol. The summed E-state index contributed by atoms with van der Waals surface area (Å²) in [5.74, 6) is 1.21. The summed E-state index contributed by atoms with van der Waals surface area (Å²) < 4.78 is 3.64. The van der Waals surface area contributed by atoms with Gasteiger partial charge in [-0.3, -0.25) is 4.68 Å². The Morgan fingerprint density at radius 1 is 1.28 bits per heavy atom. The van der Waals surface area contributed by atoms with Crippen molar-refractivity contribution in [3.63, 3.8) is 0 Å². The van der Waals surface area contributed by atoms with Gasteiger partial charge in [-0.1, -0.05) is 11.6 Å². The Morgan fingerprint density at radius 3 is 2.88 bits per heavy atom. The molecule has 25 heavy (non-hydrogen) atoms. The highest BCUT2D eigenvalue weighted by atomic mass is 35.5. The normalized spacial score (nSPS) is 23.4. The first-order valence-electron chi connectivity index (χ1n) is 8.44. The van der Waals surface area contributed by atoms with E-state index in [0.717, 1.165) is 42.1 Å². The smallest absolute Gasteiger partial charge is 0.160 e. The summed E-state index contributed by atoms with van der Waals surface area (Å²) >= 11 is 5.92. The molecule has 4 rings (SSSR count). The topological polar surface area (TPSA) is 80.3 Å². The van der Waals surface area contributed by atoms with Gasteiger partial charge in [0, 0.05) is 30.1 Å². The zero-order valence-corrected chi connectivity index (χ0v) is 15.0. The maximum atomic E-state index is 10.5. The lowest BCUT2D eigenvalue weighted by Gasteiger charge is -2.18. The van der Waals surface area contributed by atoms with E-state index >= 15 is 0 Å². The molecule has 1 aliphatic carbocycles. The van der Waals surface area contributed by atoms with E-state index in [9.17, 15) is 5.11 Å². The van der Waals surface area contributed by atoms with E-state index in [1.165, 1.54) is 0 Å². The third kappa shape index (κ3) is 3.21. The second-order valence-corrected chi connectivity index (χ2v) is 7.32. The number of aliphatic hydroxyl groups excluding tert-OH is 1. The van der Waals surface area contributed by atoms with Gasteiger partial charge in [0.25, 0.3) is 0 Å². The third-order valence-electron chi connectivity index (χ3n) is 4.78. The summed E-state index contributed by atoms with van der Waals surface area (Å²) in [6.45, 7) is 4.72. The van der Waals surface area contributed by atoms with Gasteiger partial charge in [-0.2, -0.15) is 14.7 Å². The minimum absolute atomic E-state index is 0.0226. The van der Waals surface area contributed by atoms with Gasteiger partial charge in [-0.05, 0) is 32.6 Å². The minimum Gasteiger partial charge on any atom is -0.391 e. The van der Waals surface area contributed by atoms with E-state index in [1.54, 1.807) is 10.7 Å². The predicted molar refractivity (Wildman–Crippen MR) is 95.8 cm³/mol. The quantitative estimate of drug-likeness (QED) is 0.747. The van der Waals surface area contributed by atoms with Gasteiger partial charge in [0.2, 0.25) is 0 Å². The summed E-state index contributed by atoms with van der Waals surface area (Å²) in [4.78, 5) is 4.54. The van der Waals surface area contributed by atoms with Gasteiger partial charge >= 0.3 is 0 Å². The van der Waals surface area contributed by atoms with Crippen LogP contribution in [0.4, 0.5) is 5.82 Å². The number of nitrogens with zero attached hydrogens (tertiary/aromatic N) is 5. The number of fused-ring (bicyclic) bond motifs is 1. The molecule has 1 unspecified atom stereocenters. The first kappa shape index (κ1) is 16.4. The number of anilines is 1. The van der Waals surface area contributed by atoms with Crippen molar-refractivity contribution in [1.29, 1.82) is 0 Å². The second kappa shape index (κ2) is 6.31. The van der Waals surface area contributed by atoms with E-state index in [4.69, 9.17) is 11.6 Å². The van der Waals surface area contributed by atoms with Crippen molar-refractivity contribution in [2.24, 2.45) is 5.92 Å². The van der Waals surface area contributed by atoms with Gasteiger partial charge in [0.05, 0.1) is 29.6 Å². The number of hydrogen-bond acceptors (Lipinski definition) is 5.